The van der Waals surface area contributed by atoms with Crippen molar-refractivity contribution >= 4 is 17.3 Å². The first-order valence-corrected chi connectivity index (χ1v) is 5.80. The van der Waals surface area contributed by atoms with Gasteiger partial charge in [-0.05, 0) is 20.8 Å². The van der Waals surface area contributed by atoms with E-state index in [1.807, 2.05) is 20.8 Å². The van der Waals surface area contributed by atoms with Gasteiger partial charge in [-0.15, -0.1) is 11.3 Å². The molecule has 0 aliphatic heterocycles. The standard InChI is InChI=1S/C11H16N2O2S/c1-7(12-6-5-10(14)15-4)11-8(2)13-9(3)16-11/h5-7,12H,1-4H3/b6-5+. The number of thiazole rings is 1. The van der Waals surface area contributed by atoms with E-state index < -0.39 is 0 Å². The van der Waals surface area contributed by atoms with Crippen LogP contribution < -0.4 is 5.32 Å². The monoisotopic (exact) mass is 240 g/mol. The van der Waals surface area contributed by atoms with Crippen LogP contribution in [0.1, 0.15) is 28.5 Å². The van der Waals surface area contributed by atoms with Gasteiger partial charge in [0.1, 0.15) is 0 Å². The zero-order chi connectivity index (χ0) is 12.1. The summed E-state index contributed by atoms with van der Waals surface area (Å²) in [7, 11) is 1.35. The van der Waals surface area contributed by atoms with Gasteiger partial charge < -0.3 is 10.1 Å². The van der Waals surface area contributed by atoms with E-state index in [1.54, 1.807) is 17.5 Å². The van der Waals surface area contributed by atoms with Crippen LogP contribution in [0, 0.1) is 13.8 Å². The van der Waals surface area contributed by atoms with Crippen molar-refractivity contribution in [1.82, 2.24) is 10.3 Å². The third-order valence-corrected chi connectivity index (χ3v) is 3.36. The number of hydrogen-bond donors (Lipinski definition) is 1. The third-order valence-electron chi connectivity index (χ3n) is 2.10. The van der Waals surface area contributed by atoms with Crippen molar-refractivity contribution < 1.29 is 9.53 Å². The number of esters is 1. The van der Waals surface area contributed by atoms with E-state index >= 15 is 0 Å². The van der Waals surface area contributed by atoms with E-state index in [2.05, 4.69) is 15.0 Å². The maximum atomic E-state index is 10.8. The zero-order valence-corrected chi connectivity index (χ0v) is 10.7. The van der Waals surface area contributed by atoms with Crippen LogP contribution in [-0.2, 0) is 9.53 Å². The molecule has 0 saturated carbocycles. The summed E-state index contributed by atoms with van der Waals surface area (Å²) in [5.41, 5.74) is 1.04. The van der Waals surface area contributed by atoms with Gasteiger partial charge in [0.2, 0.25) is 0 Å². The van der Waals surface area contributed by atoms with Crippen molar-refractivity contribution in [1.29, 1.82) is 0 Å². The van der Waals surface area contributed by atoms with Crippen molar-refractivity contribution in [3.05, 3.63) is 27.9 Å². The summed E-state index contributed by atoms with van der Waals surface area (Å²) in [6.45, 7) is 6.00. The molecule has 0 saturated heterocycles. The highest BCUT2D eigenvalue weighted by atomic mass is 32.1. The number of hydrogen-bond acceptors (Lipinski definition) is 5. The van der Waals surface area contributed by atoms with Crippen molar-refractivity contribution in [3.8, 4) is 0 Å². The van der Waals surface area contributed by atoms with Crippen LogP contribution in [0.3, 0.4) is 0 Å². The Hall–Kier alpha value is -1.36. The van der Waals surface area contributed by atoms with Gasteiger partial charge in [0.15, 0.2) is 0 Å². The highest BCUT2D eigenvalue weighted by molar-refractivity contribution is 7.11. The van der Waals surface area contributed by atoms with Gasteiger partial charge in [0.05, 0.1) is 23.9 Å². The number of methoxy groups -OCH3 is 1. The lowest BCUT2D eigenvalue weighted by Crippen LogP contribution is -2.12. The van der Waals surface area contributed by atoms with E-state index in [1.165, 1.54) is 18.1 Å². The fourth-order valence-corrected chi connectivity index (χ4v) is 2.29. The molecule has 0 radical (unpaired) electrons. The van der Waals surface area contributed by atoms with Crippen molar-refractivity contribution in [2.75, 3.05) is 7.11 Å². The highest BCUT2D eigenvalue weighted by Crippen LogP contribution is 2.24. The first-order chi connectivity index (χ1) is 7.54. The summed E-state index contributed by atoms with van der Waals surface area (Å²) in [6, 6.07) is 0.145. The minimum atomic E-state index is -0.364. The van der Waals surface area contributed by atoms with E-state index in [0.717, 1.165) is 10.7 Å². The van der Waals surface area contributed by atoms with Crippen molar-refractivity contribution in [2.24, 2.45) is 0 Å². The molecule has 0 bridgehead atoms. The second-order valence-electron chi connectivity index (χ2n) is 3.43. The fourth-order valence-electron chi connectivity index (χ4n) is 1.35. The Balaban J connectivity index is 2.59. The smallest absolute Gasteiger partial charge is 0.331 e. The van der Waals surface area contributed by atoms with Crippen LogP contribution in [-0.4, -0.2) is 18.1 Å². The molecule has 1 aromatic heterocycles. The van der Waals surface area contributed by atoms with E-state index in [-0.39, 0.29) is 12.0 Å². The number of rotatable bonds is 4. The molecule has 0 spiro atoms. The second kappa shape index (κ2) is 5.65. The molecule has 1 unspecified atom stereocenters. The molecule has 1 rings (SSSR count). The third kappa shape index (κ3) is 3.34. The molecule has 16 heavy (non-hydrogen) atoms. The average Bonchev–Trinajstić information content (AvgIpc) is 2.57. The average molecular weight is 240 g/mol. The molecule has 0 aliphatic rings. The molecule has 1 heterocycles. The summed E-state index contributed by atoms with van der Waals surface area (Å²) < 4.78 is 4.49. The number of nitrogens with zero attached hydrogens (tertiary/aromatic N) is 1. The molecule has 0 aliphatic carbocycles. The van der Waals surface area contributed by atoms with E-state index in [9.17, 15) is 4.79 Å². The van der Waals surface area contributed by atoms with Crippen LogP contribution in [0.2, 0.25) is 0 Å². The number of ether oxygens (including phenoxy) is 1. The molecule has 88 valence electrons. The lowest BCUT2D eigenvalue weighted by molar-refractivity contribution is -0.134. The minimum absolute atomic E-state index is 0.145. The quantitative estimate of drug-likeness (QED) is 0.647. The first-order valence-electron chi connectivity index (χ1n) is 4.99. The number of aryl methyl sites for hydroxylation is 2. The summed E-state index contributed by atoms with van der Waals surface area (Å²) in [6.07, 6.45) is 2.96. The molecule has 1 N–H and O–H groups in total. The molecule has 5 heteroatoms. The Labute approximate surface area is 99.3 Å². The second-order valence-corrected chi connectivity index (χ2v) is 4.66. The van der Waals surface area contributed by atoms with Crippen LogP contribution in [0.4, 0.5) is 0 Å². The van der Waals surface area contributed by atoms with Gasteiger partial charge in [-0.3, -0.25) is 0 Å². The van der Waals surface area contributed by atoms with Crippen molar-refractivity contribution in [3.63, 3.8) is 0 Å². The Bertz CT molecular complexity index is 399. The number of nitrogens with one attached hydrogen (secondary N) is 1. The van der Waals surface area contributed by atoms with E-state index in [4.69, 9.17) is 0 Å². The van der Waals surface area contributed by atoms with Gasteiger partial charge in [0, 0.05) is 17.2 Å². The number of carbonyl (C=O) groups excluding carboxylic acids is 1. The Morgan fingerprint density at radius 2 is 2.25 bits per heavy atom. The maximum absolute atomic E-state index is 10.8. The van der Waals surface area contributed by atoms with Crippen LogP contribution in [0.25, 0.3) is 0 Å². The summed E-state index contributed by atoms with van der Waals surface area (Å²) >= 11 is 1.66. The topological polar surface area (TPSA) is 51.2 Å². The Morgan fingerprint density at radius 3 is 2.75 bits per heavy atom. The molecule has 0 fully saturated rings. The summed E-state index contributed by atoms with van der Waals surface area (Å²) in [4.78, 5) is 16.4. The molecular weight excluding hydrogens is 224 g/mol. The molecule has 4 nitrogen and oxygen atoms in total. The van der Waals surface area contributed by atoms with Gasteiger partial charge in [-0.25, -0.2) is 9.78 Å². The van der Waals surface area contributed by atoms with Crippen LogP contribution in [0.5, 0.6) is 0 Å². The zero-order valence-electron chi connectivity index (χ0n) is 9.90. The van der Waals surface area contributed by atoms with Gasteiger partial charge in [-0.1, -0.05) is 0 Å². The van der Waals surface area contributed by atoms with Gasteiger partial charge in [0.25, 0.3) is 0 Å². The Morgan fingerprint density at radius 1 is 1.56 bits per heavy atom. The SMILES string of the molecule is COC(=O)/C=C/NC(C)c1sc(C)nc1C. The lowest BCUT2D eigenvalue weighted by Gasteiger charge is -2.09. The van der Waals surface area contributed by atoms with Crippen LogP contribution in [0.15, 0.2) is 12.3 Å². The number of carbonyl (C=O) groups is 1. The number of aromatic nitrogens is 1. The molecule has 0 aromatic carbocycles. The molecule has 1 atom stereocenters. The summed E-state index contributed by atoms with van der Waals surface area (Å²) in [5.74, 6) is -0.364. The highest BCUT2D eigenvalue weighted by Gasteiger charge is 2.10. The van der Waals surface area contributed by atoms with Crippen molar-refractivity contribution in [2.45, 2.75) is 26.8 Å². The predicted molar refractivity (Wildman–Crippen MR) is 64.3 cm³/mol. The lowest BCUT2D eigenvalue weighted by atomic mass is 10.2. The largest absolute Gasteiger partial charge is 0.466 e. The molecular formula is C11H16N2O2S. The maximum Gasteiger partial charge on any atom is 0.331 e. The Kier molecular flexibility index (Phi) is 4.49. The van der Waals surface area contributed by atoms with Crippen LogP contribution >= 0.6 is 11.3 Å². The van der Waals surface area contributed by atoms with E-state index in [0.29, 0.717) is 0 Å². The molecule has 0 amide bonds. The van der Waals surface area contributed by atoms with Gasteiger partial charge in [-0.2, -0.15) is 0 Å². The minimum Gasteiger partial charge on any atom is -0.466 e. The van der Waals surface area contributed by atoms with Gasteiger partial charge >= 0.3 is 5.97 Å². The predicted octanol–water partition coefficient (Wildman–Crippen LogP) is 2.10. The summed E-state index contributed by atoms with van der Waals surface area (Å²) in [5, 5.41) is 4.16. The normalized spacial score (nSPS) is 12.8. The molecule has 1 aromatic rings. The first kappa shape index (κ1) is 12.7. The fraction of sp³-hybridized carbons (Fsp3) is 0.455.